The monoisotopic (exact) mass is 327 g/mol. The minimum atomic E-state index is -0.389. The number of aromatic hydroxyl groups is 1. The number of carbonyl (C=O) groups excluding carboxylic acids is 2. The molecular formula is C16H17N5O3. The van der Waals surface area contributed by atoms with Gasteiger partial charge in [0.25, 0.3) is 5.91 Å². The lowest BCUT2D eigenvalue weighted by Crippen LogP contribution is -2.31. The number of phenols is 1. The molecule has 0 bridgehead atoms. The largest absolute Gasteiger partial charge is 0.507 e. The number of nitrogens with one attached hydrogen (secondary N) is 2. The second kappa shape index (κ2) is 6.53. The minimum absolute atomic E-state index is 0.128. The van der Waals surface area contributed by atoms with Crippen LogP contribution in [0.4, 0.5) is 5.69 Å². The van der Waals surface area contributed by atoms with Crippen LogP contribution >= 0.6 is 0 Å². The van der Waals surface area contributed by atoms with Crippen LogP contribution in [0.1, 0.15) is 35.1 Å². The molecule has 24 heavy (non-hydrogen) atoms. The summed E-state index contributed by atoms with van der Waals surface area (Å²) in [5.41, 5.74) is 0.541. The number of nitrogens with zero attached hydrogens (tertiary/aromatic N) is 3. The third-order valence-corrected chi connectivity index (χ3v) is 3.94. The van der Waals surface area contributed by atoms with Crippen molar-refractivity contribution < 1.29 is 14.7 Å². The number of benzene rings is 1. The van der Waals surface area contributed by atoms with Crippen molar-refractivity contribution in [2.45, 2.75) is 18.9 Å². The van der Waals surface area contributed by atoms with Crippen molar-refractivity contribution in [1.82, 2.24) is 20.1 Å². The molecule has 2 heterocycles. The smallest absolute Gasteiger partial charge is 0.258 e. The Kier molecular flexibility index (Phi) is 4.28. The van der Waals surface area contributed by atoms with Crippen LogP contribution in [0.15, 0.2) is 37.2 Å². The molecule has 0 radical (unpaired) electrons. The Labute approximate surface area is 138 Å². The molecular weight excluding hydrogens is 310 g/mol. The van der Waals surface area contributed by atoms with E-state index in [1.807, 2.05) is 0 Å². The lowest BCUT2D eigenvalue weighted by atomic mass is 10.1. The molecule has 3 N–H and O–H groups in total. The summed E-state index contributed by atoms with van der Waals surface area (Å²) in [5, 5.41) is 19.2. The van der Waals surface area contributed by atoms with Gasteiger partial charge in [0.2, 0.25) is 5.91 Å². The van der Waals surface area contributed by atoms with E-state index < -0.39 is 0 Å². The van der Waals surface area contributed by atoms with Crippen LogP contribution in [0.5, 0.6) is 5.75 Å². The maximum absolute atomic E-state index is 12.9. The second-order valence-corrected chi connectivity index (χ2v) is 5.45. The van der Waals surface area contributed by atoms with Crippen molar-refractivity contribution in [3.63, 3.8) is 0 Å². The highest BCUT2D eigenvalue weighted by Gasteiger charge is 2.33. The number of H-pyrrole nitrogens is 1. The first kappa shape index (κ1) is 15.7. The highest BCUT2D eigenvalue weighted by Crippen LogP contribution is 2.33. The quantitative estimate of drug-likeness (QED) is 0.583. The van der Waals surface area contributed by atoms with E-state index in [0.717, 1.165) is 18.9 Å². The van der Waals surface area contributed by atoms with E-state index in [-0.39, 0.29) is 29.2 Å². The number of rotatable bonds is 4. The summed E-state index contributed by atoms with van der Waals surface area (Å²) < 4.78 is 0. The lowest BCUT2D eigenvalue weighted by molar-refractivity contribution is -0.111. The van der Waals surface area contributed by atoms with Gasteiger partial charge < -0.3 is 15.3 Å². The fourth-order valence-electron chi connectivity index (χ4n) is 2.80. The fourth-order valence-corrected chi connectivity index (χ4v) is 2.80. The van der Waals surface area contributed by atoms with Gasteiger partial charge in [-0.3, -0.25) is 14.7 Å². The highest BCUT2D eigenvalue weighted by molar-refractivity contribution is 6.02. The fraction of sp³-hybridized carbons (Fsp3) is 0.250. The standard InChI is InChI=1S/C16H17N5O3/c1-2-14(23)19-10-5-6-13(22)11(8-10)16(24)21-7-3-4-12(21)15-17-9-18-20-15/h2,5-6,8-9,12,22H,1,3-4,7H2,(H,19,23)(H,17,18,20)/t12-/m0/s1. The van der Waals surface area contributed by atoms with Crippen LogP contribution in [0.2, 0.25) is 0 Å². The van der Waals surface area contributed by atoms with Gasteiger partial charge >= 0.3 is 0 Å². The molecule has 8 heteroatoms. The summed E-state index contributed by atoms with van der Waals surface area (Å²) in [6.07, 6.45) is 4.15. The Balaban J connectivity index is 1.87. The maximum Gasteiger partial charge on any atom is 0.258 e. The highest BCUT2D eigenvalue weighted by atomic mass is 16.3. The summed E-state index contributed by atoms with van der Waals surface area (Å²) in [6.45, 7) is 3.94. The first-order valence-corrected chi connectivity index (χ1v) is 7.53. The molecule has 0 unspecified atom stereocenters. The van der Waals surface area contributed by atoms with Gasteiger partial charge in [-0.1, -0.05) is 6.58 Å². The molecule has 1 aromatic carbocycles. The lowest BCUT2D eigenvalue weighted by Gasteiger charge is -2.23. The number of phenolic OH excluding ortho intramolecular Hbond substituents is 1. The molecule has 2 amide bonds. The third kappa shape index (κ3) is 2.98. The zero-order valence-electron chi connectivity index (χ0n) is 12.9. The van der Waals surface area contributed by atoms with Crippen LogP contribution in [0.3, 0.4) is 0 Å². The Morgan fingerprint density at radius 1 is 1.46 bits per heavy atom. The first-order valence-electron chi connectivity index (χ1n) is 7.53. The Morgan fingerprint density at radius 3 is 3.00 bits per heavy atom. The van der Waals surface area contributed by atoms with Crippen LogP contribution < -0.4 is 5.32 Å². The van der Waals surface area contributed by atoms with E-state index in [9.17, 15) is 14.7 Å². The SMILES string of the molecule is C=CC(=O)Nc1ccc(O)c(C(=O)N2CCC[C@H]2c2ncn[nH]2)c1. The van der Waals surface area contributed by atoms with Crippen LogP contribution in [0.25, 0.3) is 0 Å². The minimum Gasteiger partial charge on any atom is -0.507 e. The molecule has 1 aliphatic rings. The zero-order chi connectivity index (χ0) is 17.1. The van der Waals surface area contributed by atoms with Crippen molar-refractivity contribution in [2.75, 3.05) is 11.9 Å². The number of hydrogen-bond acceptors (Lipinski definition) is 5. The number of aromatic nitrogens is 3. The van der Waals surface area contributed by atoms with Gasteiger partial charge in [-0.25, -0.2) is 4.98 Å². The maximum atomic E-state index is 12.9. The van der Waals surface area contributed by atoms with E-state index in [2.05, 4.69) is 27.1 Å². The molecule has 0 saturated carbocycles. The number of amides is 2. The summed E-state index contributed by atoms with van der Waals surface area (Å²) in [6, 6.07) is 4.15. The van der Waals surface area contributed by atoms with Crippen molar-refractivity contribution >= 4 is 17.5 Å². The van der Waals surface area contributed by atoms with Gasteiger partial charge in [0.05, 0.1) is 11.6 Å². The average Bonchev–Trinajstić information content (AvgIpc) is 3.26. The number of anilines is 1. The number of aromatic amines is 1. The molecule has 1 fully saturated rings. The van der Waals surface area contributed by atoms with Gasteiger partial charge in [0, 0.05) is 12.2 Å². The number of carbonyl (C=O) groups is 2. The molecule has 3 rings (SSSR count). The van der Waals surface area contributed by atoms with Gasteiger partial charge in [0.15, 0.2) is 0 Å². The zero-order valence-corrected chi connectivity index (χ0v) is 12.9. The Morgan fingerprint density at radius 2 is 2.29 bits per heavy atom. The first-order chi connectivity index (χ1) is 11.6. The van der Waals surface area contributed by atoms with Crippen molar-refractivity contribution in [2.24, 2.45) is 0 Å². The summed E-state index contributed by atoms with van der Waals surface area (Å²) in [4.78, 5) is 30.0. The van der Waals surface area contributed by atoms with Gasteiger partial charge in [-0.05, 0) is 37.1 Å². The molecule has 124 valence electrons. The average molecular weight is 327 g/mol. The topological polar surface area (TPSA) is 111 Å². The summed E-state index contributed by atoms with van der Waals surface area (Å²) >= 11 is 0. The van der Waals surface area contributed by atoms with E-state index in [1.54, 1.807) is 4.90 Å². The number of likely N-dealkylation sites (tertiary alicyclic amines) is 1. The Bertz CT molecular complexity index is 772. The predicted octanol–water partition coefficient (Wildman–Crippen LogP) is 1.61. The Hall–Kier alpha value is -3.16. The molecule has 0 spiro atoms. The van der Waals surface area contributed by atoms with Crippen LogP contribution in [-0.4, -0.2) is 43.5 Å². The van der Waals surface area contributed by atoms with Gasteiger partial charge in [-0.15, -0.1) is 0 Å². The van der Waals surface area contributed by atoms with E-state index in [1.165, 1.54) is 24.5 Å². The molecule has 1 aliphatic heterocycles. The van der Waals surface area contributed by atoms with E-state index in [0.29, 0.717) is 18.1 Å². The van der Waals surface area contributed by atoms with Gasteiger partial charge in [0.1, 0.15) is 17.9 Å². The van der Waals surface area contributed by atoms with Crippen molar-refractivity contribution in [3.05, 3.63) is 48.6 Å². The molecule has 8 nitrogen and oxygen atoms in total. The normalized spacial score (nSPS) is 16.8. The third-order valence-electron chi connectivity index (χ3n) is 3.94. The van der Waals surface area contributed by atoms with Crippen LogP contribution in [0, 0.1) is 0 Å². The molecule has 2 aromatic rings. The predicted molar refractivity (Wildman–Crippen MR) is 86.3 cm³/mol. The van der Waals surface area contributed by atoms with E-state index >= 15 is 0 Å². The molecule has 1 aromatic heterocycles. The van der Waals surface area contributed by atoms with Crippen LogP contribution in [-0.2, 0) is 4.79 Å². The molecule has 1 atom stereocenters. The summed E-state index contributed by atoms with van der Waals surface area (Å²) in [7, 11) is 0. The van der Waals surface area contributed by atoms with Gasteiger partial charge in [-0.2, -0.15) is 5.10 Å². The summed E-state index contributed by atoms with van der Waals surface area (Å²) in [5.74, 6) is -0.225. The molecule has 1 saturated heterocycles. The molecule has 0 aliphatic carbocycles. The van der Waals surface area contributed by atoms with Crippen molar-refractivity contribution in [3.8, 4) is 5.75 Å². The second-order valence-electron chi connectivity index (χ2n) is 5.45. The van der Waals surface area contributed by atoms with E-state index in [4.69, 9.17) is 0 Å². The van der Waals surface area contributed by atoms with Crippen molar-refractivity contribution in [1.29, 1.82) is 0 Å². The number of hydrogen-bond donors (Lipinski definition) is 3.